The molecule has 1 aliphatic heterocycles. The number of hydrogen-bond acceptors (Lipinski definition) is 4. The van der Waals surface area contributed by atoms with Gasteiger partial charge in [0.25, 0.3) is 0 Å². The van der Waals surface area contributed by atoms with E-state index in [0.29, 0.717) is 6.42 Å². The summed E-state index contributed by atoms with van der Waals surface area (Å²) in [4.78, 5) is 18.4. The van der Waals surface area contributed by atoms with E-state index in [1.165, 1.54) is 36.8 Å². The predicted octanol–water partition coefficient (Wildman–Crippen LogP) is 5.25. The minimum absolute atomic E-state index is 0.217. The number of hydrogen-bond donors (Lipinski definition) is 1. The summed E-state index contributed by atoms with van der Waals surface area (Å²) in [6, 6.07) is 17.6. The first kappa shape index (κ1) is 22.6. The van der Waals surface area contributed by atoms with Gasteiger partial charge >= 0.3 is 197 Å². The van der Waals surface area contributed by atoms with E-state index in [1.54, 1.807) is 6.92 Å². The number of nitrogens with zero attached hydrogens (tertiary/aromatic N) is 2. The zero-order chi connectivity index (χ0) is 22.5. The van der Waals surface area contributed by atoms with Crippen molar-refractivity contribution in [1.82, 2.24) is 0 Å². The van der Waals surface area contributed by atoms with E-state index in [4.69, 9.17) is 4.99 Å². The summed E-state index contributed by atoms with van der Waals surface area (Å²) >= 11 is 0.217. The molecule has 5 heteroatoms. The maximum absolute atomic E-state index is 11.1. The molecule has 0 bridgehead atoms. The van der Waals surface area contributed by atoms with Crippen molar-refractivity contribution in [2.45, 2.75) is 46.5 Å². The van der Waals surface area contributed by atoms with Crippen molar-refractivity contribution in [3.8, 4) is 0 Å². The Balaban J connectivity index is 1.62. The second-order valence-electron chi connectivity index (χ2n) is 8.15. The molecule has 0 unspecified atom stereocenters. The van der Waals surface area contributed by atoms with Crippen LogP contribution in [0.5, 0.6) is 0 Å². The number of Topliss-reactive ketones (excluding diaryl/α,β-unsaturated/α-hetero) is 1. The number of unbranched alkanes of at least 4 members (excludes halogenated alkanes) is 2. The average molecular weight is 493 g/mol. The fraction of sp³-hybridized carbons (Fsp3) is 0.333. The summed E-state index contributed by atoms with van der Waals surface area (Å²) in [5, 5.41) is 6.13. The molecular formula is C27H31N3OSe. The van der Waals surface area contributed by atoms with Gasteiger partial charge in [-0.3, -0.25) is 0 Å². The number of carbonyl (C=O) groups is 1. The molecule has 0 aromatic heterocycles. The first-order chi connectivity index (χ1) is 15.6. The summed E-state index contributed by atoms with van der Waals surface area (Å²) in [6.45, 7) is 8.10. The van der Waals surface area contributed by atoms with Gasteiger partial charge in [-0.05, 0) is 0 Å². The van der Waals surface area contributed by atoms with Crippen molar-refractivity contribution in [2.24, 2.45) is 4.99 Å². The van der Waals surface area contributed by atoms with Crippen molar-refractivity contribution in [1.29, 1.82) is 0 Å². The van der Waals surface area contributed by atoms with E-state index in [2.05, 4.69) is 72.6 Å². The number of nitrogens with one attached hydrogen (secondary N) is 1. The molecular weight excluding hydrogens is 461 g/mol. The molecule has 1 aliphatic rings. The van der Waals surface area contributed by atoms with Crippen LogP contribution in [0.25, 0.3) is 10.8 Å². The van der Waals surface area contributed by atoms with Gasteiger partial charge < -0.3 is 0 Å². The van der Waals surface area contributed by atoms with Crippen LogP contribution in [-0.4, -0.2) is 40.0 Å². The molecule has 166 valence electrons. The topological polar surface area (TPSA) is 44.7 Å². The van der Waals surface area contributed by atoms with Crippen LogP contribution in [0.2, 0.25) is 0 Å². The molecule has 0 saturated carbocycles. The van der Waals surface area contributed by atoms with Gasteiger partial charge in [0.15, 0.2) is 0 Å². The van der Waals surface area contributed by atoms with E-state index < -0.39 is 0 Å². The van der Waals surface area contributed by atoms with Crippen molar-refractivity contribution in [2.75, 3.05) is 23.3 Å². The zero-order valence-corrected chi connectivity index (χ0v) is 20.9. The number of ketones is 1. The standard InChI is InChI=1S/C27H31N3OSe/c1-4-30(5-2)20-14-15-23-25(17-20)32-26-18-24(28-16-10-6-7-11-19(3)31)21-12-8-9-13-22(21)27(26)29-23/h8-9,12-18,29H,4-7,10-11H2,1-3H3. The Morgan fingerprint density at radius 3 is 2.56 bits per heavy atom. The van der Waals surface area contributed by atoms with Crippen LogP contribution in [0.3, 0.4) is 0 Å². The first-order valence-electron chi connectivity index (χ1n) is 11.5. The van der Waals surface area contributed by atoms with E-state index in [1.807, 2.05) is 6.21 Å². The summed E-state index contributed by atoms with van der Waals surface area (Å²) < 4.78 is 2.74. The van der Waals surface area contributed by atoms with Crippen LogP contribution in [0, 0.1) is 0 Å². The summed E-state index contributed by atoms with van der Waals surface area (Å²) in [7, 11) is 0. The number of fused-ring (bicyclic) bond motifs is 4. The summed E-state index contributed by atoms with van der Waals surface area (Å²) in [5.74, 6) is 0.266. The monoisotopic (exact) mass is 493 g/mol. The molecule has 0 saturated heterocycles. The molecule has 0 aliphatic carbocycles. The molecule has 0 fully saturated rings. The molecule has 32 heavy (non-hydrogen) atoms. The van der Waals surface area contributed by atoms with Crippen molar-refractivity contribution >= 4 is 69.4 Å². The quantitative estimate of drug-likeness (QED) is 0.197. The van der Waals surface area contributed by atoms with Crippen LogP contribution in [0.1, 0.15) is 46.5 Å². The maximum atomic E-state index is 11.1. The Bertz CT molecular complexity index is 1150. The van der Waals surface area contributed by atoms with Gasteiger partial charge in [-0.15, -0.1) is 0 Å². The van der Waals surface area contributed by atoms with Crippen LogP contribution < -0.4 is 19.1 Å². The normalized spacial score (nSPS) is 12.5. The number of aliphatic imine (C=N–C) groups is 1. The molecule has 4 nitrogen and oxygen atoms in total. The molecule has 0 radical (unpaired) electrons. The van der Waals surface area contributed by atoms with E-state index in [0.717, 1.165) is 38.0 Å². The fourth-order valence-electron chi connectivity index (χ4n) is 4.16. The molecule has 3 aromatic rings. The number of rotatable bonds is 9. The van der Waals surface area contributed by atoms with Crippen molar-refractivity contribution in [3.05, 3.63) is 48.5 Å². The Morgan fingerprint density at radius 2 is 1.81 bits per heavy atom. The molecule has 3 aromatic carbocycles. The SMILES string of the molecule is CCN(CC)c1ccc2c(c1)[Se]c1cc(N=CCCCCC(C)=O)c3ccccc3c1N2. The summed E-state index contributed by atoms with van der Waals surface area (Å²) in [6.07, 6.45) is 5.52. The second-order valence-corrected chi connectivity index (χ2v) is 10.4. The molecule has 0 atom stereocenters. The summed E-state index contributed by atoms with van der Waals surface area (Å²) in [5.41, 5.74) is 4.78. The van der Waals surface area contributed by atoms with Crippen molar-refractivity contribution < 1.29 is 4.79 Å². The molecule has 0 amide bonds. The van der Waals surface area contributed by atoms with Gasteiger partial charge in [0.2, 0.25) is 0 Å². The minimum atomic E-state index is 0.217. The third-order valence-corrected chi connectivity index (χ3v) is 8.21. The van der Waals surface area contributed by atoms with Crippen LogP contribution in [0.4, 0.5) is 22.7 Å². The van der Waals surface area contributed by atoms with E-state index >= 15 is 0 Å². The number of benzene rings is 3. The Labute approximate surface area is 197 Å². The molecule has 1 N–H and O–H groups in total. The van der Waals surface area contributed by atoms with Gasteiger partial charge in [0.05, 0.1) is 0 Å². The third-order valence-electron chi connectivity index (χ3n) is 5.90. The van der Waals surface area contributed by atoms with Crippen LogP contribution in [-0.2, 0) is 4.79 Å². The number of anilines is 3. The van der Waals surface area contributed by atoms with Crippen molar-refractivity contribution in [3.63, 3.8) is 0 Å². The molecule has 1 heterocycles. The molecule has 4 rings (SSSR count). The van der Waals surface area contributed by atoms with Crippen LogP contribution >= 0.6 is 0 Å². The van der Waals surface area contributed by atoms with Gasteiger partial charge in [-0.1, -0.05) is 0 Å². The van der Waals surface area contributed by atoms with Gasteiger partial charge in [0.1, 0.15) is 0 Å². The van der Waals surface area contributed by atoms with Gasteiger partial charge in [0, 0.05) is 0 Å². The average Bonchev–Trinajstić information content (AvgIpc) is 2.80. The molecule has 0 spiro atoms. The van der Waals surface area contributed by atoms with Gasteiger partial charge in [-0.2, -0.15) is 0 Å². The van der Waals surface area contributed by atoms with Gasteiger partial charge in [-0.25, -0.2) is 0 Å². The Morgan fingerprint density at radius 1 is 1.03 bits per heavy atom. The Hall–Kier alpha value is -2.62. The third kappa shape index (κ3) is 4.90. The van der Waals surface area contributed by atoms with Crippen LogP contribution in [0.15, 0.2) is 53.5 Å². The number of carbonyl (C=O) groups excluding carboxylic acids is 1. The Kier molecular flexibility index (Phi) is 7.29. The second kappa shape index (κ2) is 10.3. The first-order valence-corrected chi connectivity index (χ1v) is 13.2. The van der Waals surface area contributed by atoms with E-state index in [9.17, 15) is 4.79 Å². The zero-order valence-electron chi connectivity index (χ0n) is 19.1. The van der Waals surface area contributed by atoms with E-state index in [-0.39, 0.29) is 20.7 Å². The fourth-order valence-corrected chi connectivity index (χ4v) is 6.42. The predicted molar refractivity (Wildman–Crippen MR) is 140 cm³/mol.